The molecular weight excluding hydrogens is 629 g/mol. The number of allylic oxidation sites excluding steroid dienone is 4. The molecule has 0 unspecified atom stereocenters. The molecule has 0 radical (unpaired) electrons. The van der Waals surface area contributed by atoms with Crippen molar-refractivity contribution in [2.24, 2.45) is 0 Å². The van der Waals surface area contributed by atoms with E-state index < -0.39 is 0 Å². The van der Waals surface area contributed by atoms with Crippen LogP contribution in [-0.4, -0.2) is 0 Å². The maximum atomic E-state index is 6.50. The molecular formula is C51H38O. The molecule has 0 N–H and O–H groups in total. The first-order valence-corrected chi connectivity index (χ1v) is 18.3. The van der Waals surface area contributed by atoms with Crippen molar-refractivity contribution in [3.05, 3.63) is 174 Å². The zero-order valence-electron chi connectivity index (χ0n) is 29.9. The van der Waals surface area contributed by atoms with Crippen LogP contribution in [0.15, 0.2) is 162 Å². The second-order valence-electron chi connectivity index (χ2n) is 14.8. The zero-order chi connectivity index (χ0) is 35.1. The van der Waals surface area contributed by atoms with E-state index in [0.29, 0.717) is 0 Å². The van der Waals surface area contributed by atoms with Crippen LogP contribution in [-0.2, 0) is 5.41 Å². The van der Waals surface area contributed by atoms with E-state index in [4.69, 9.17) is 4.42 Å². The van der Waals surface area contributed by atoms with Crippen molar-refractivity contribution in [1.29, 1.82) is 0 Å². The number of rotatable bonds is 4. The average molecular weight is 667 g/mol. The van der Waals surface area contributed by atoms with Crippen LogP contribution in [0.25, 0.3) is 93.2 Å². The highest BCUT2D eigenvalue weighted by molar-refractivity contribution is 6.22. The summed E-state index contributed by atoms with van der Waals surface area (Å²) in [6.07, 6.45) is 6.34. The van der Waals surface area contributed by atoms with E-state index >= 15 is 0 Å². The van der Waals surface area contributed by atoms with Crippen molar-refractivity contribution < 1.29 is 4.42 Å². The third kappa shape index (κ3) is 4.36. The summed E-state index contributed by atoms with van der Waals surface area (Å²) in [5.74, 6) is 0. The predicted molar refractivity (Wildman–Crippen MR) is 223 cm³/mol. The van der Waals surface area contributed by atoms with Crippen molar-refractivity contribution >= 4 is 59.8 Å². The van der Waals surface area contributed by atoms with Crippen molar-refractivity contribution in [2.75, 3.05) is 0 Å². The lowest BCUT2D eigenvalue weighted by Gasteiger charge is -2.23. The van der Waals surface area contributed by atoms with Crippen molar-refractivity contribution in [1.82, 2.24) is 0 Å². The Morgan fingerprint density at radius 1 is 0.538 bits per heavy atom. The summed E-state index contributed by atoms with van der Waals surface area (Å²) >= 11 is 0. The lowest BCUT2D eigenvalue weighted by molar-refractivity contribution is 0.665. The van der Waals surface area contributed by atoms with Gasteiger partial charge in [-0.15, -0.1) is 0 Å². The maximum Gasteiger partial charge on any atom is 0.143 e. The molecule has 1 nitrogen and oxygen atoms in total. The number of furan rings is 1. The lowest BCUT2D eigenvalue weighted by Crippen LogP contribution is -2.15. The number of hydrogen-bond donors (Lipinski definition) is 0. The topological polar surface area (TPSA) is 13.1 Å². The fraction of sp³-hybridized carbons (Fsp3) is 0.0980. The van der Waals surface area contributed by atoms with Gasteiger partial charge in [-0.2, -0.15) is 0 Å². The molecule has 52 heavy (non-hydrogen) atoms. The first-order chi connectivity index (χ1) is 25.4. The molecule has 0 spiro atoms. The quantitative estimate of drug-likeness (QED) is 0.135. The normalized spacial score (nSPS) is 14.0. The van der Waals surface area contributed by atoms with Crippen LogP contribution in [0, 0.1) is 0 Å². The molecule has 1 heteroatoms. The molecule has 8 aromatic carbocycles. The molecule has 0 atom stereocenters. The third-order valence-electron chi connectivity index (χ3n) is 11.5. The molecule has 0 saturated heterocycles. The van der Waals surface area contributed by atoms with E-state index in [-0.39, 0.29) is 5.41 Å². The van der Waals surface area contributed by atoms with Crippen LogP contribution >= 0.6 is 0 Å². The molecule has 0 bridgehead atoms. The summed E-state index contributed by atoms with van der Waals surface area (Å²) in [7, 11) is 0. The Hall–Kier alpha value is -6.18. The van der Waals surface area contributed by atoms with Crippen molar-refractivity contribution in [3.63, 3.8) is 0 Å². The molecule has 0 fully saturated rings. The molecule has 0 saturated carbocycles. The molecule has 9 aromatic rings. The summed E-state index contributed by atoms with van der Waals surface area (Å²) in [5, 5.41) is 9.87. The van der Waals surface area contributed by atoms with Gasteiger partial charge in [0.1, 0.15) is 11.2 Å². The first kappa shape index (κ1) is 30.6. The highest BCUT2D eigenvalue weighted by Gasteiger charge is 2.37. The minimum Gasteiger partial charge on any atom is -0.455 e. The molecule has 1 heterocycles. The van der Waals surface area contributed by atoms with Gasteiger partial charge in [0, 0.05) is 21.6 Å². The predicted octanol–water partition coefficient (Wildman–Crippen LogP) is 14.7. The minimum atomic E-state index is -0.164. The Kier molecular flexibility index (Phi) is 6.73. The summed E-state index contributed by atoms with van der Waals surface area (Å²) in [5.41, 5.74) is 14.7. The van der Waals surface area contributed by atoms with Crippen LogP contribution in [0.3, 0.4) is 0 Å². The van der Waals surface area contributed by atoms with Crippen LogP contribution in [0.1, 0.15) is 44.4 Å². The molecule has 10 rings (SSSR count). The minimum absolute atomic E-state index is 0.164. The van der Waals surface area contributed by atoms with E-state index in [2.05, 4.69) is 179 Å². The first-order valence-electron chi connectivity index (χ1n) is 18.3. The lowest BCUT2D eigenvalue weighted by atomic mass is 9.79. The van der Waals surface area contributed by atoms with E-state index in [1.165, 1.54) is 98.7 Å². The Labute approximate surface area is 304 Å². The monoisotopic (exact) mass is 666 g/mol. The largest absolute Gasteiger partial charge is 0.455 e. The van der Waals surface area contributed by atoms with Crippen LogP contribution in [0.2, 0.25) is 0 Å². The van der Waals surface area contributed by atoms with Crippen molar-refractivity contribution in [3.8, 4) is 33.4 Å². The van der Waals surface area contributed by atoms with E-state index in [0.717, 1.165) is 11.2 Å². The third-order valence-corrected chi connectivity index (χ3v) is 11.5. The van der Waals surface area contributed by atoms with Gasteiger partial charge >= 0.3 is 0 Å². The Balaban J connectivity index is 1.18. The van der Waals surface area contributed by atoms with Crippen LogP contribution in [0.5, 0.6) is 0 Å². The highest BCUT2D eigenvalue weighted by atomic mass is 16.3. The van der Waals surface area contributed by atoms with Gasteiger partial charge in [-0.3, -0.25) is 0 Å². The van der Waals surface area contributed by atoms with Gasteiger partial charge in [0.25, 0.3) is 0 Å². The van der Waals surface area contributed by atoms with Gasteiger partial charge in [0.15, 0.2) is 0 Å². The van der Waals surface area contributed by atoms with Crippen LogP contribution in [0.4, 0.5) is 0 Å². The second kappa shape index (κ2) is 11.4. The number of fused-ring (bicyclic) bond motifs is 11. The van der Waals surface area contributed by atoms with Crippen molar-refractivity contribution in [2.45, 2.75) is 33.1 Å². The summed E-state index contributed by atoms with van der Waals surface area (Å²) in [6.45, 7) is 8.98. The van der Waals surface area contributed by atoms with Gasteiger partial charge in [-0.1, -0.05) is 147 Å². The summed E-state index contributed by atoms with van der Waals surface area (Å²) < 4.78 is 6.50. The average Bonchev–Trinajstić information content (AvgIpc) is 3.68. The van der Waals surface area contributed by atoms with Crippen LogP contribution < -0.4 is 0 Å². The molecule has 0 amide bonds. The van der Waals surface area contributed by atoms with Gasteiger partial charge in [0.2, 0.25) is 0 Å². The fourth-order valence-corrected chi connectivity index (χ4v) is 9.08. The Morgan fingerprint density at radius 3 is 1.77 bits per heavy atom. The standard InChI is InChI=1S/C51H38O/c1-5-6-13-31(2)32-20-22-33(23-21-32)47-36-15-7-9-17-38(36)48(39-18-10-8-16-37(39)47)34-24-29-45-44(30-34)41-26-28-43-40(49(41)51(45,3)4)25-27-42-35-14-11-12-19-46(35)52-50(42)43/h5-30H,1-4H3/b6-5-,31-13+. The zero-order valence-corrected chi connectivity index (χ0v) is 29.9. The van der Waals surface area contributed by atoms with Gasteiger partial charge in [-0.25, -0.2) is 0 Å². The summed E-state index contributed by atoms with van der Waals surface area (Å²) in [6, 6.07) is 51.7. The molecule has 1 aromatic heterocycles. The molecule has 1 aliphatic rings. The fourth-order valence-electron chi connectivity index (χ4n) is 9.08. The Bertz CT molecular complexity index is 2920. The molecule has 248 valence electrons. The van der Waals surface area contributed by atoms with E-state index in [1.807, 2.05) is 6.07 Å². The van der Waals surface area contributed by atoms with Gasteiger partial charge in [0.05, 0.1) is 0 Å². The maximum absolute atomic E-state index is 6.50. The summed E-state index contributed by atoms with van der Waals surface area (Å²) in [4.78, 5) is 0. The van der Waals surface area contributed by atoms with E-state index in [1.54, 1.807) is 0 Å². The van der Waals surface area contributed by atoms with Gasteiger partial charge in [-0.05, 0) is 121 Å². The smallest absolute Gasteiger partial charge is 0.143 e. The highest BCUT2D eigenvalue weighted by Crippen LogP contribution is 2.54. The SMILES string of the molecule is C/C=C\C=C(/C)c1ccc(-c2c3ccccc3c(-c3ccc4c(c3)-c3ccc5c(ccc6c7ccccc7oc56)c3C4(C)C)c3ccccc23)cc1. The van der Waals surface area contributed by atoms with E-state index in [9.17, 15) is 0 Å². The number of hydrogen-bond acceptors (Lipinski definition) is 1. The number of para-hydroxylation sites is 1. The Morgan fingerprint density at radius 2 is 1.10 bits per heavy atom. The second-order valence-corrected chi connectivity index (χ2v) is 14.8. The molecule has 0 aliphatic heterocycles. The van der Waals surface area contributed by atoms with Gasteiger partial charge < -0.3 is 4.42 Å². The number of benzene rings is 8. The molecule has 1 aliphatic carbocycles.